The van der Waals surface area contributed by atoms with E-state index in [-0.39, 0.29) is 29.5 Å². The lowest BCUT2D eigenvalue weighted by molar-refractivity contribution is 0.0694. The maximum absolute atomic E-state index is 14.2. The normalized spacial score (nSPS) is 12.3. The minimum absolute atomic E-state index is 0.0100. The molecule has 0 aliphatic rings. The Morgan fingerprint density at radius 3 is 2.79 bits per heavy atom. The Hall–Kier alpha value is -2.77. The summed E-state index contributed by atoms with van der Waals surface area (Å²) in [5.74, 6) is -1.91. The Morgan fingerprint density at radius 1 is 1.38 bits per heavy atom. The van der Waals surface area contributed by atoms with Crippen molar-refractivity contribution in [1.82, 2.24) is 9.55 Å². The smallest absolute Gasteiger partial charge is 0.341 e. The largest absolute Gasteiger partial charge is 0.477 e. The van der Waals surface area contributed by atoms with E-state index >= 15 is 0 Å². The highest BCUT2D eigenvalue weighted by Gasteiger charge is 2.19. The summed E-state index contributed by atoms with van der Waals surface area (Å²) in [6.07, 6.45) is 4.17. The number of hydrogen-bond donors (Lipinski definition) is 2. The molecule has 1 atom stereocenters. The van der Waals surface area contributed by atoms with E-state index in [4.69, 9.17) is 11.6 Å². The lowest BCUT2D eigenvalue weighted by Crippen LogP contribution is -2.23. The monoisotopic (exact) mass is 418 g/mol. The van der Waals surface area contributed by atoms with Gasteiger partial charge in [0.25, 0.3) is 0 Å². The number of hydrogen-bond acceptors (Lipinski definition) is 4. The highest BCUT2D eigenvalue weighted by molar-refractivity contribution is 6.30. The highest BCUT2D eigenvalue weighted by Crippen LogP contribution is 2.23. The number of carbonyl (C=O) groups is 1. The molecule has 0 unspecified atom stereocenters. The van der Waals surface area contributed by atoms with Crippen molar-refractivity contribution in [2.75, 3.05) is 6.61 Å². The molecule has 0 amide bonds. The molecule has 2 heterocycles. The first-order valence-electron chi connectivity index (χ1n) is 9.18. The van der Waals surface area contributed by atoms with Crippen LogP contribution in [0.25, 0.3) is 10.9 Å². The molecule has 3 rings (SSSR count). The van der Waals surface area contributed by atoms with Gasteiger partial charge in [-0.3, -0.25) is 9.78 Å². The summed E-state index contributed by atoms with van der Waals surface area (Å²) >= 11 is 5.82. The molecule has 29 heavy (non-hydrogen) atoms. The SMILES string of the molecule is CCC[C@@H](CO)n1cc(C(=O)O)c(=O)c2cc(Cc3cccc(Cl)c3F)ncc21. The Bertz CT molecular complexity index is 1130. The molecule has 3 aromatic rings. The lowest BCUT2D eigenvalue weighted by Gasteiger charge is -2.21. The number of carboxylic acids is 1. The number of halogens is 2. The zero-order valence-corrected chi connectivity index (χ0v) is 16.5. The number of aromatic nitrogens is 2. The van der Waals surface area contributed by atoms with Crippen molar-refractivity contribution in [2.45, 2.75) is 32.2 Å². The second-order valence-electron chi connectivity index (χ2n) is 6.79. The topological polar surface area (TPSA) is 92.4 Å². The van der Waals surface area contributed by atoms with Crippen LogP contribution < -0.4 is 5.43 Å². The summed E-state index contributed by atoms with van der Waals surface area (Å²) in [5.41, 5.74) is 0.104. The third-order valence-corrected chi connectivity index (χ3v) is 5.13. The molecular weight excluding hydrogens is 399 g/mol. The summed E-state index contributed by atoms with van der Waals surface area (Å²) in [6.45, 7) is 1.74. The predicted octanol–water partition coefficient (Wildman–Crippen LogP) is 3.81. The van der Waals surface area contributed by atoms with Crippen molar-refractivity contribution in [1.29, 1.82) is 0 Å². The van der Waals surface area contributed by atoms with Gasteiger partial charge in [0, 0.05) is 23.7 Å². The zero-order chi connectivity index (χ0) is 21.1. The number of aliphatic hydroxyl groups is 1. The minimum Gasteiger partial charge on any atom is -0.477 e. The minimum atomic E-state index is -1.35. The molecule has 0 fully saturated rings. The van der Waals surface area contributed by atoms with E-state index in [0.717, 1.165) is 6.42 Å². The number of pyridine rings is 2. The van der Waals surface area contributed by atoms with Gasteiger partial charge in [0.1, 0.15) is 11.4 Å². The Morgan fingerprint density at radius 2 is 2.14 bits per heavy atom. The summed E-state index contributed by atoms with van der Waals surface area (Å²) in [6, 6.07) is 5.71. The number of rotatable bonds is 7. The molecule has 0 aliphatic heterocycles. The average molecular weight is 419 g/mol. The van der Waals surface area contributed by atoms with E-state index in [0.29, 0.717) is 23.2 Å². The van der Waals surface area contributed by atoms with E-state index in [1.807, 2.05) is 6.92 Å². The Labute approximate surface area is 171 Å². The van der Waals surface area contributed by atoms with Crippen molar-refractivity contribution in [3.63, 3.8) is 0 Å². The van der Waals surface area contributed by atoms with E-state index in [2.05, 4.69) is 4.98 Å². The van der Waals surface area contributed by atoms with Gasteiger partial charge in [-0.1, -0.05) is 37.1 Å². The van der Waals surface area contributed by atoms with E-state index in [1.54, 1.807) is 16.7 Å². The highest BCUT2D eigenvalue weighted by atomic mass is 35.5. The third kappa shape index (κ3) is 4.16. The number of nitrogens with zero attached hydrogens (tertiary/aromatic N) is 2. The molecule has 0 saturated carbocycles. The molecule has 0 radical (unpaired) electrons. The molecule has 2 aromatic heterocycles. The van der Waals surface area contributed by atoms with Gasteiger partial charge >= 0.3 is 5.97 Å². The molecule has 1 aromatic carbocycles. The van der Waals surface area contributed by atoms with Crippen LogP contribution in [0, 0.1) is 5.82 Å². The van der Waals surface area contributed by atoms with Crippen LogP contribution in [0.5, 0.6) is 0 Å². The number of aromatic carboxylic acids is 1. The van der Waals surface area contributed by atoms with Gasteiger partial charge in [-0.15, -0.1) is 0 Å². The van der Waals surface area contributed by atoms with Gasteiger partial charge in [0.15, 0.2) is 0 Å². The fraction of sp³-hybridized carbons (Fsp3) is 0.286. The molecular formula is C21H20ClFN2O4. The van der Waals surface area contributed by atoms with Gasteiger partial charge in [-0.05, 0) is 24.1 Å². The summed E-state index contributed by atoms with van der Waals surface area (Å²) in [4.78, 5) is 28.7. The molecule has 0 spiro atoms. The van der Waals surface area contributed by atoms with Crippen LogP contribution in [0.2, 0.25) is 5.02 Å². The van der Waals surface area contributed by atoms with Crippen LogP contribution in [-0.2, 0) is 6.42 Å². The Balaban J connectivity index is 2.18. The van der Waals surface area contributed by atoms with Gasteiger partial charge in [-0.25, -0.2) is 9.18 Å². The average Bonchev–Trinajstić information content (AvgIpc) is 2.70. The molecule has 0 bridgehead atoms. The first-order chi connectivity index (χ1) is 13.9. The fourth-order valence-corrected chi connectivity index (χ4v) is 3.57. The molecule has 0 aliphatic carbocycles. The van der Waals surface area contributed by atoms with Crippen LogP contribution >= 0.6 is 11.6 Å². The van der Waals surface area contributed by atoms with Crippen LogP contribution in [0.1, 0.15) is 47.4 Å². The predicted molar refractivity (Wildman–Crippen MR) is 108 cm³/mol. The second kappa shape index (κ2) is 8.71. The van der Waals surface area contributed by atoms with Crippen molar-refractivity contribution in [2.24, 2.45) is 0 Å². The van der Waals surface area contributed by atoms with Crippen LogP contribution in [0.4, 0.5) is 4.39 Å². The summed E-state index contributed by atoms with van der Waals surface area (Å²) < 4.78 is 15.8. The molecule has 6 nitrogen and oxygen atoms in total. The molecule has 2 N–H and O–H groups in total. The molecule has 152 valence electrons. The number of carboxylic acid groups (broad SMARTS) is 1. The molecule has 8 heteroatoms. The second-order valence-corrected chi connectivity index (χ2v) is 7.20. The van der Waals surface area contributed by atoms with Gasteiger partial charge < -0.3 is 14.8 Å². The van der Waals surface area contributed by atoms with Gasteiger partial charge in [0.05, 0.1) is 29.4 Å². The van der Waals surface area contributed by atoms with Crippen molar-refractivity contribution < 1.29 is 19.4 Å². The van der Waals surface area contributed by atoms with Crippen LogP contribution in [0.15, 0.2) is 41.5 Å². The van der Waals surface area contributed by atoms with Crippen LogP contribution in [0.3, 0.4) is 0 Å². The quantitative estimate of drug-likeness (QED) is 0.608. The first-order valence-corrected chi connectivity index (χ1v) is 9.56. The zero-order valence-electron chi connectivity index (χ0n) is 15.7. The van der Waals surface area contributed by atoms with Crippen molar-refractivity contribution in [3.05, 3.63) is 74.5 Å². The summed E-state index contributed by atoms with van der Waals surface area (Å²) in [7, 11) is 0. The summed E-state index contributed by atoms with van der Waals surface area (Å²) in [5, 5.41) is 19.4. The number of fused-ring (bicyclic) bond motifs is 1. The molecule has 0 saturated heterocycles. The first kappa shape index (κ1) is 21.0. The van der Waals surface area contributed by atoms with Crippen LogP contribution in [-0.4, -0.2) is 32.3 Å². The van der Waals surface area contributed by atoms with E-state index < -0.39 is 22.8 Å². The van der Waals surface area contributed by atoms with Gasteiger partial charge in [-0.2, -0.15) is 0 Å². The van der Waals surface area contributed by atoms with Crippen molar-refractivity contribution >= 4 is 28.5 Å². The van der Waals surface area contributed by atoms with E-state index in [9.17, 15) is 24.2 Å². The number of aliphatic hydroxyl groups excluding tert-OH is 1. The standard InChI is InChI=1S/C21H20ClFN2O4/c1-2-4-14(11-26)25-10-16(21(28)29)20(27)15-8-13(24-9-18(15)25)7-12-5-3-6-17(22)19(12)23/h3,5-6,8-10,14,26H,2,4,7,11H2,1H3,(H,28,29)/t14-/m0/s1. The third-order valence-electron chi connectivity index (χ3n) is 4.83. The van der Waals surface area contributed by atoms with Crippen molar-refractivity contribution in [3.8, 4) is 0 Å². The van der Waals surface area contributed by atoms with Gasteiger partial charge in [0.2, 0.25) is 5.43 Å². The lowest BCUT2D eigenvalue weighted by atomic mass is 10.1. The Kier molecular flexibility index (Phi) is 6.30. The maximum Gasteiger partial charge on any atom is 0.341 e. The fourth-order valence-electron chi connectivity index (χ4n) is 3.37. The van der Waals surface area contributed by atoms with E-state index in [1.165, 1.54) is 24.5 Å². The number of benzene rings is 1. The maximum atomic E-state index is 14.2.